The van der Waals surface area contributed by atoms with E-state index >= 15 is 4.39 Å². The van der Waals surface area contributed by atoms with E-state index in [4.69, 9.17) is 0 Å². The molecule has 26 heavy (non-hydrogen) atoms. The van der Waals surface area contributed by atoms with Gasteiger partial charge in [-0.2, -0.15) is 0 Å². The molecule has 2 fully saturated rings. The van der Waals surface area contributed by atoms with E-state index in [1.165, 1.54) is 12.2 Å². The molecule has 0 saturated heterocycles. The van der Waals surface area contributed by atoms with Crippen molar-refractivity contribution in [2.75, 3.05) is 6.61 Å². The Kier molecular flexibility index (Phi) is 3.74. The van der Waals surface area contributed by atoms with E-state index in [-0.39, 0.29) is 23.9 Å². The third-order valence-corrected chi connectivity index (χ3v) is 7.67. The highest BCUT2D eigenvalue weighted by Gasteiger charge is 2.69. The van der Waals surface area contributed by atoms with Crippen LogP contribution in [0.4, 0.5) is 4.39 Å². The van der Waals surface area contributed by atoms with Gasteiger partial charge in [0.15, 0.2) is 17.2 Å². The lowest BCUT2D eigenvalue weighted by Gasteiger charge is -2.61. The average molecular weight is 360 g/mol. The molecule has 5 heteroatoms. The fourth-order valence-corrected chi connectivity index (χ4v) is 6.30. The first-order chi connectivity index (χ1) is 12.2. The van der Waals surface area contributed by atoms with E-state index in [0.717, 1.165) is 5.57 Å². The third-order valence-electron chi connectivity index (χ3n) is 7.67. The maximum Gasteiger partial charge on any atom is 0.184 e. The number of Topliss-reactive ketones (excluding diaryl/α,β-unsaturated/α-hetero) is 1. The second kappa shape index (κ2) is 5.46. The minimum Gasteiger partial charge on any atom is -0.390 e. The maximum absolute atomic E-state index is 16.7. The molecule has 4 aliphatic rings. The summed E-state index contributed by atoms with van der Waals surface area (Å²) in [5, 5.41) is 20.3. The molecule has 6 atom stereocenters. The molecule has 0 bridgehead atoms. The van der Waals surface area contributed by atoms with Gasteiger partial charge in [-0.25, -0.2) is 4.39 Å². The Balaban J connectivity index is 1.79. The molecule has 0 aromatic heterocycles. The first kappa shape index (κ1) is 17.8. The summed E-state index contributed by atoms with van der Waals surface area (Å²) in [6, 6.07) is 0. The van der Waals surface area contributed by atoms with E-state index in [0.29, 0.717) is 24.8 Å². The van der Waals surface area contributed by atoms with Gasteiger partial charge in [-0.05, 0) is 56.3 Å². The summed E-state index contributed by atoms with van der Waals surface area (Å²) in [6.07, 6.45) is 7.03. The summed E-state index contributed by atoms with van der Waals surface area (Å²) in [5.74, 6) is -0.963. The van der Waals surface area contributed by atoms with Crippen LogP contribution in [0.25, 0.3) is 0 Å². The van der Waals surface area contributed by atoms with Gasteiger partial charge in [-0.15, -0.1) is 0 Å². The van der Waals surface area contributed by atoms with Crippen LogP contribution in [0.5, 0.6) is 0 Å². The summed E-state index contributed by atoms with van der Waals surface area (Å²) in [7, 11) is 0. The van der Waals surface area contributed by atoms with Crippen LogP contribution < -0.4 is 0 Å². The third kappa shape index (κ3) is 1.96. The maximum atomic E-state index is 16.7. The molecule has 140 valence electrons. The van der Waals surface area contributed by atoms with Crippen molar-refractivity contribution in [3.8, 4) is 0 Å². The van der Waals surface area contributed by atoms with Crippen molar-refractivity contribution in [3.63, 3.8) is 0 Å². The lowest BCUT2D eigenvalue weighted by Crippen LogP contribution is -2.66. The zero-order valence-corrected chi connectivity index (χ0v) is 15.2. The van der Waals surface area contributed by atoms with Gasteiger partial charge in [0.05, 0.1) is 6.10 Å². The highest BCUT2D eigenvalue weighted by Crippen LogP contribution is 2.67. The number of aliphatic hydroxyl groups is 2. The minimum atomic E-state index is -1.87. The number of ketones is 2. The zero-order valence-electron chi connectivity index (χ0n) is 15.2. The topological polar surface area (TPSA) is 74.6 Å². The number of carbonyl (C=O) groups is 2. The predicted molar refractivity (Wildman–Crippen MR) is 93.9 cm³/mol. The Labute approximate surface area is 152 Å². The molecule has 4 nitrogen and oxygen atoms in total. The van der Waals surface area contributed by atoms with Crippen molar-refractivity contribution in [1.29, 1.82) is 0 Å². The van der Waals surface area contributed by atoms with E-state index in [2.05, 4.69) is 0 Å². The highest BCUT2D eigenvalue weighted by molar-refractivity contribution is 6.01. The minimum absolute atomic E-state index is 0.0918. The quantitative estimate of drug-likeness (QED) is 0.793. The molecule has 0 amide bonds. The fourth-order valence-electron chi connectivity index (χ4n) is 6.30. The van der Waals surface area contributed by atoms with Crippen molar-refractivity contribution in [1.82, 2.24) is 0 Å². The molecule has 2 N–H and O–H groups in total. The van der Waals surface area contributed by atoms with Crippen LogP contribution in [0.3, 0.4) is 0 Å². The lowest BCUT2D eigenvalue weighted by atomic mass is 9.45. The SMILES string of the molecule is C[C@]12C=CC(=O)C=C1CC[C@H]1[C@@H]3CC=C(C(=O)CO)[C@@]3(C)CC(O)[C@@]12F. The van der Waals surface area contributed by atoms with Gasteiger partial charge < -0.3 is 10.2 Å². The van der Waals surface area contributed by atoms with Gasteiger partial charge in [0.1, 0.15) is 6.61 Å². The number of rotatable bonds is 2. The van der Waals surface area contributed by atoms with Crippen molar-refractivity contribution in [2.24, 2.45) is 22.7 Å². The van der Waals surface area contributed by atoms with E-state index in [1.54, 1.807) is 13.0 Å². The molecule has 1 unspecified atom stereocenters. The van der Waals surface area contributed by atoms with Gasteiger partial charge in [-0.3, -0.25) is 9.59 Å². The Morgan fingerprint density at radius 2 is 2.08 bits per heavy atom. The Morgan fingerprint density at radius 1 is 1.35 bits per heavy atom. The Morgan fingerprint density at radius 3 is 2.77 bits per heavy atom. The number of alkyl halides is 1. The largest absolute Gasteiger partial charge is 0.390 e. The summed E-state index contributed by atoms with van der Waals surface area (Å²) in [4.78, 5) is 24.0. The van der Waals surface area contributed by atoms with Gasteiger partial charge in [-0.1, -0.05) is 24.6 Å². The van der Waals surface area contributed by atoms with Crippen LogP contribution in [-0.4, -0.2) is 40.2 Å². The number of aliphatic hydroxyl groups excluding tert-OH is 2. The Bertz CT molecular complexity index is 781. The molecular formula is C21H25FO4. The molecule has 0 spiro atoms. The average Bonchev–Trinajstić information content (AvgIpc) is 2.93. The Hall–Kier alpha value is -1.59. The number of halogens is 1. The zero-order chi connectivity index (χ0) is 18.9. The second-order valence-electron chi connectivity index (χ2n) is 8.70. The number of fused-ring (bicyclic) bond motifs is 5. The first-order valence-electron chi connectivity index (χ1n) is 9.34. The van der Waals surface area contributed by atoms with Gasteiger partial charge >= 0.3 is 0 Å². The van der Waals surface area contributed by atoms with Crippen molar-refractivity contribution in [2.45, 2.75) is 51.3 Å². The van der Waals surface area contributed by atoms with Crippen molar-refractivity contribution in [3.05, 3.63) is 35.5 Å². The molecule has 0 aliphatic heterocycles. The predicted octanol–water partition coefficient (Wildman–Crippen LogP) is 2.45. The number of hydrogen-bond donors (Lipinski definition) is 2. The summed E-state index contributed by atoms with van der Waals surface area (Å²) in [5.41, 5.74) is -2.21. The number of carbonyl (C=O) groups excluding carboxylic acids is 2. The smallest absolute Gasteiger partial charge is 0.184 e. The van der Waals surface area contributed by atoms with E-state index < -0.39 is 35.1 Å². The molecule has 0 aromatic carbocycles. The molecule has 4 rings (SSSR count). The number of allylic oxidation sites excluding steroid dienone is 5. The van der Waals surface area contributed by atoms with Crippen LogP contribution >= 0.6 is 0 Å². The summed E-state index contributed by atoms with van der Waals surface area (Å²) in [6.45, 7) is 3.13. The van der Waals surface area contributed by atoms with Crippen LogP contribution in [0.1, 0.15) is 39.5 Å². The second-order valence-corrected chi connectivity index (χ2v) is 8.70. The monoisotopic (exact) mass is 360 g/mol. The van der Waals surface area contributed by atoms with Crippen molar-refractivity contribution >= 4 is 11.6 Å². The van der Waals surface area contributed by atoms with Crippen molar-refractivity contribution < 1.29 is 24.2 Å². The summed E-state index contributed by atoms with van der Waals surface area (Å²) < 4.78 is 16.7. The van der Waals surface area contributed by atoms with E-state index in [9.17, 15) is 19.8 Å². The summed E-state index contributed by atoms with van der Waals surface area (Å²) >= 11 is 0. The molecule has 0 radical (unpaired) electrons. The molecule has 4 aliphatic carbocycles. The van der Waals surface area contributed by atoms with Crippen LogP contribution in [0, 0.1) is 22.7 Å². The van der Waals surface area contributed by atoms with Gasteiger partial charge in [0, 0.05) is 16.7 Å². The van der Waals surface area contributed by atoms with Crippen LogP contribution in [-0.2, 0) is 9.59 Å². The first-order valence-corrected chi connectivity index (χ1v) is 9.34. The number of hydrogen-bond acceptors (Lipinski definition) is 4. The molecule has 0 aromatic rings. The molecule has 2 saturated carbocycles. The normalized spacial score (nSPS) is 46.8. The fraction of sp³-hybridized carbons (Fsp3) is 0.619. The molecular weight excluding hydrogens is 335 g/mol. The standard InChI is InChI=1S/C21H25FO4/c1-19-10-18(26)21(22)15(14(19)5-6-16(19)17(25)11-23)4-3-12-9-13(24)7-8-20(12,21)2/h6-9,14-15,18,23,26H,3-5,10-11H2,1-2H3/t14-,15-,18?,19-,20-,21-/m0/s1. The van der Waals surface area contributed by atoms with E-state index in [1.807, 2.05) is 13.0 Å². The van der Waals surface area contributed by atoms with Gasteiger partial charge in [0.25, 0.3) is 0 Å². The molecule has 0 heterocycles. The van der Waals surface area contributed by atoms with Gasteiger partial charge in [0.2, 0.25) is 0 Å². The highest BCUT2D eigenvalue weighted by atomic mass is 19.1. The van der Waals surface area contributed by atoms with Crippen LogP contribution in [0.15, 0.2) is 35.5 Å². The lowest BCUT2D eigenvalue weighted by molar-refractivity contribution is -0.185. The van der Waals surface area contributed by atoms with Crippen LogP contribution in [0.2, 0.25) is 0 Å².